The molecular weight excluding hydrogens is 435 g/mol. The van der Waals surface area contributed by atoms with E-state index in [4.69, 9.17) is 9.15 Å². The van der Waals surface area contributed by atoms with Gasteiger partial charge in [-0.1, -0.05) is 19.9 Å². The van der Waals surface area contributed by atoms with Gasteiger partial charge in [0.15, 0.2) is 11.6 Å². The van der Waals surface area contributed by atoms with E-state index in [0.29, 0.717) is 16.8 Å². The number of nitrogens with zero attached hydrogens (tertiary/aromatic N) is 3. The Kier molecular flexibility index (Phi) is 6.62. The number of rotatable bonds is 2. The van der Waals surface area contributed by atoms with Crippen molar-refractivity contribution in [3.05, 3.63) is 60.4 Å². The molecule has 6 nitrogen and oxygen atoms in total. The number of furan rings is 1. The smallest absolute Gasteiger partial charge is 0.419 e. The van der Waals surface area contributed by atoms with Gasteiger partial charge in [-0.2, -0.15) is 13.2 Å². The lowest BCUT2D eigenvalue weighted by molar-refractivity contribution is -0.137. The first-order valence-corrected chi connectivity index (χ1v) is 10.4. The molecule has 0 aliphatic rings. The van der Waals surface area contributed by atoms with Crippen LogP contribution in [0.4, 0.5) is 18.0 Å². The highest BCUT2D eigenvalue weighted by Crippen LogP contribution is 2.34. The predicted octanol–water partition coefficient (Wildman–Crippen LogP) is 7.19. The Hall–Kier alpha value is -3.62. The molecule has 0 N–H and O–H groups in total. The van der Waals surface area contributed by atoms with Crippen LogP contribution in [0.25, 0.3) is 33.9 Å². The summed E-state index contributed by atoms with van der Waals surface area (Å²) in [5, 5.41) is 0.495. The van der Waals surface area contributed by atoms with Crippen molar-refractivity contribution in [2.75, 3.05) is 0 Å². The van der Waals surface area contributed by atoms with Crippen LogP contribution in [0.5, 0.6) is 0 Å². The zero-order valence-corrected chi connectivity index (χ0v) is 18.9. The quantitative estimate of drug-likeness (QED) is 0.317. The van der Waals surface area contributed by atoms with Crippen LogP contribution in [0.1, 0.15) is 40.2 Å². The first-order valence-electron chi connectivity index (χ1n) is 10.4. The summed E-state index contributed by atoms with van der Waals surface area (Å²) >= 11 is 0. The molecule has 174 valence electrons. The Morgan fingerprint density at radius 2 is 1.79 bits per heavy atom. The van der Waals surface area contributed by atoms with Crippen LogP contribution in [0, 0.1) is 0 Å². The van der Waals surface area contributed by atoms with E-state index in [-0.39, 0.29) is 17.2 Å². The highest BCUT2D eigenvalue weighted by molar-refractivity contribution is 5.83. The number of halogens is 3. The van der Waals surface area contributed by atoms with Crippen molar-refractivity contribution in [2.45, 2.75) is 46.4 Å². The maximum absolute atomic E-state index is 13.0. The van der Waals surface area contributed by atoms with Crippen LogP contribution in [-0.2, 0) is 10.9 Å². The molecule has 0 radical (unpaired) electrons. The van der Waals surface area contributed by atoms with E-state index in [2.05, 4.69) is 9.97 Å². The first-order chi connectivity index (χ1) is 15.5. The number of hydrogen-bond donors (Lipinski definition) is 0. The van der Waals surface area contributed by atoms with Crippen molar-refractivity contribution in [1.82, 2.24) is 14.5 Å². The van der Waals surface area contributed by atoms with Crippen LogP contribution >= 0.6 is 0 Å². The lowest BCUT2D eigenvalue weighted by atomic mass is 10.1. The second-order valence-electron chi connectivity index (χ2n) is 7.87. The summed E-state index contributed by atoms with van der Waals surface area (Å²) in [6.45, 7) is 9.30. The van der Waals surface area contributed by atoms with E-state index < -0.39 is 23.4 Å². The molecule has 0 aliphatic heterocycles. The summed E-state index contributed by atoms with van der Waals surface area (Å²) in [6, 6.07) is 9.84. The second kappa shape index (κ2) is 9.09. The summed E-state index contributed by atoms with van der Waals surface area (Å²) in [6.07, 6.45) is -1.98. The molecule has 4 aromatic rings. The molecule has 3 heterocycles. The Morgan fingerprint density at radius 1 is 1.06 bits per heavy atom. The minimum atomic E-state index is -4.47. The van der Waals surface area contributed by atoms with Crippen LogP contribution in [-0.4, -0.2) is 26.2 Å². The lowest BCUT2D eigenvalue weighted by Crippen LogP contribution is -2.27. The molecule has 0 amide bonds. The Morgan fingerprint density at radius 3 is 2.45 bits per heavy atom. The third kappa shape index (κ3) is 5.42. The maximum Gasteiger partial charge on any atom is 0.419 e. The SMILES string of the molecule is CC.CC(C)(C)OC(=O)n1cccc1-c1ccnc(-c2cc3ccc(C(F)(F)F)cc3o2)n1. The molecule has 3 aromatic heterocycles. The van der Waals surface area contributed by atoms with E-state index in [9.17, 15) is 18.0 Å². The van der Waals surface area contributed by atoms with Gasteiger partial charge in [-0.05, 0) is 57.2 Å². The number of carbonyl (C=O) groups excluding carboxylic acids is 1. The standard InChI is InChI=1S/C22H18F3N3O3.C2H6/c1-21(2,3)31-20(29)28-10-4-5-16(28)15-8-9-26-19(27-15)18-11-13-6-7-14(22(23,24)25)12-17(13)30-18;1-2/h4-12H,1-3H3;1-2H3. The second-order valence-corrected chi connectivity index (χ2v) is 7.87. The monoisotopic (exact) mass is 459 g/mol. The number of fused-ring (bicyclic) bond motifs is 1. The molecule has 0 unspecified atom stereocenters. The van der Waals surface area contributed by atoms with Gasteiger partial charge in [0.25, 0.3) is 0 Å². The molecule has 4 rings (SSSR count). The van der Waals surface area contributed by atoms with Gasteiger partial charge in [-0.15, -0.1) is 0 Å². The zero-order valence-electron chi connectivity index (χ0n) is 18.9. The van der Waals surface area contributed by atoms with Crippen molar-refractivity contribution in [3.8, 4) is 23.0 Å². The first kappa shape index (κ1) is 24.0. The van der Waals surface area contributed by atoms with Crippen LogP contribution in [0.3, 0.4) is 0 Å². The van der Waals surface area contributed by atoms with Gasteiger partial charge in [0.05, 0.1) is 17.0 Å². The van der Waals surface area contributed by atoms with E-state index in [1.807, 2.05) is 13.8 Å². The van der Waals surface area contributed by atoms with Gasteiger partial charge < -0.3 is 9.15 Å². The Labute approximate surface area is 189 Å². The van der Waals surface area contributed by atoms with E-state index in [1.165, 1.54) is 16.8 Å². The summed E-state index contributed by atoms with van der Waals surface area (Å²) in [5.74, 6) is 0.394. The number of hydrogen-bond acceptors (Lipinski definition) is 5. The number of carbonyl (C=O) groups is 1. The fourth-order valence-corrected chi connectivity index (χ4v) is 3.00. The average Bonchev–Trinajstić information content (AvgIpc) is 3.40. The fourth-order valence-electron chi connectivity index (χ4n) is 3.00. The minimum Gasteiger partial charge on any atom is -0.453 e. The number of alkyl halides is 3. The normalized spacial score (nSPS) is 11.8. The van der Waals surface area contributed by atoms with Crippen LogP contribution in [0.2, 0.25) is 0 Å². The summed E-state index contributed by atoms with van der Waals surface area (Å²) in [5.41, 5.74) is -0.480. The molecule has 0 fully saturated rings. The Balaban J connectivity index is 0.00000149. The largest absolute Gasteiger partial charge is 0.453 e. The van der Waals surface area contributed by atoms with Crippen molar-refractivity contribution in [2.24, 2.45) is 0 Å². The highest BCUT2D eigenvalue weighted by Gasteiger charge is 2.31. The van der Waals surface area contributed by atoms with Crippen molar-refractivity contribution in [1.29, 1.82) is 0 Å². The third-order valence-corrected chi connectivity index (χ3v) is 4.32. The molecular formula is C24H24F3N3O3. The summed E-state index contributed by atoms with van der Waals surface area (Å²) < 4.78 is 51.2. The van der Waals surface area contributed by atoms with Gasteiger partial charge in [-0.25, -0.2) is 14.8 Å². The van der Waals surface area contributed by atoms with E-state index in [0.717, 1.165) is 12.1 Å². The molecule has 0 aliphatic carbocycles. The van der Waals surface area contributed by atoms with Gasteiger partial charge in [0.1, 0.15) is 11.2 Å². The van der Waals surface area contributed by atoms with Crippen molar-refractivity contribution in [3.63, 3.8) is 0 Å². The fraction of sp³-hybridized carbons (Fsp3) is 0.292. The minimum absolute atomic E-state index is 0.0796. The van der Waals surface area contributed by atoms with Gasteiger partial charge in [0.2, 0.25) is 0 Å². The van der Waals surface area contributed by atoms with Crippen molar-refractivity contribution >= 4 is 17.1 Å². The van der Waals surface area contributed by atoms with Gasteiger partial charge in [-0.3, -0.25) is 4.57 Å². The topological polar surface area (TPSA) is 70.2 Å². The highest BCUT2D eigenvalue weighted by atomic mass is 19.4. The number of aromatic nitrogens is 3. The zero-order chi connectivity index (χ0) is 24.4. The third-order valence-electron chi connectivity index (χ3n) is 4.32. The maximum atomic E-state index is 13.0. The molecule has 9 heteroatoms. The molecule has 0 saturated heterocycles. The average molecular weight is 459 g/mol. The van der Waals surface area contributed by atoms with Crippen LogP contribution in [0.15, 0.2) is 59.3 Å². The van der Waals surface area contributed by atoms with Gasteiger partial charge in [0, 0.05) is 17.8 Å². The molecule has 33 heavy (non-hydrogen) atoms. The van der Waals surface area contributed by atoms with E-state index in [1.54, 1.807) is 51.2 Å². The predicted molar refractivity (Wildman–Crippen MR) is 119 cm³/mol. The molecule has 1 aromatic carbocycles. The van der Waals surface area contributed by atoms with Gasteiger partial charge >= 0.3 is 12.3 Å². The number of ether oxygens (including phenoxy) is 1. The lowest BCUT2D eigenvalue weighted by Gasteiger charge is -2.20. The van der Waals surface area contributed by atoms with E-state index >= 15 is 0 Å². The molecule has 0 atom stereocenters. The van der Waals surface area contributed by atoms with Crippen molar-refractivity contribution < 1.29 is 27.1 Å². The molecule has 0 saturated carbocycles. The van der Waals surface area contributed by atoms with Crippen LogP contribution < -0.4 is 0 Å². The Bertz CT molecular complexity index is 1270. The summed E-state index contributed by atoms with van der Waals surface area (Å²) in [4.78, 5) is 21.1. The molecule has 0 bridgehead atoms. The summed E-state index contributed by atoms with van der Waals surface area (Å²) in [7, 11) is 0. The number of benzene rings is 1. The molecule has 0 spiro atoms.